The van der Waals surface area contributed by atoms with E-state index in [2.05, 4.69) is 4.98 Å². The first-order valence-corrected chi connectivity index (χ1v) is 6.56. The third-order valence-corrected chi connectivity index (χ3v) is 3.11. The topological polar surface area (TPSA) is 39.2 Å². The van der Waals surface area contributed by atoms with Gasteiger partial charge in [0.2, 0.25) is 5.88 Å². The number of benzene rings is 1. The first kappa shape index (κ1) is 16.0. The van der Waals surface area contributed by atoms with Gasteiger partial charge in [0.1, 0.15) is 5.78 Å². The van der Waals surface area contributed by atoms with E-state index < -0.39 is 11.7 Å². The van der Waals surface area contributed by atoms with Gasteiger partial charge in [-0.25, -0.2) is 4.98 Å². The Bertz CT molecular complexity index is 651. The van der Waals surface area contributed by atoms with Gasteiger partial charge in [0.15, 0.2) is 0 Å². The lowest BCUT2D eigenvalue weighted by Gasteiger charge is -2.08. The van der Waals surface area contributed by atoms with Crippen molar-refractivity contribution in [1.29, 1.82) is 0 Å². The van der Waals surface area contributed by atoms with Gasteiger partial charge in [0.05, 0.1) is 12.7 Å². The fraction of sp³-hybridized carbons (Fsp3) is 0.250. The van der Waals surface area contributed by atoms with Crippen molar-refractivity contribution < 1.29 is 22.7 Å². The molecule has 0 atom stereocenters. The van der Waals surface area contributed by atoms with Crippen molar-refractivity contribution in [1.82, 2.24) is 4.98 Å². The second-order valence-corrected chi connectivity index (χ2v) is 4.76. The van der Waals surface area contributed by atoms with E-state index in [9.17, 15) is 18.0 Å². The van der Waals surface area contributed by atoms with E-state index >= 15 is 0 Å². The van der Waals surface area contributed by atoms with Gasteiger partial charge in [-0.05, 0) is 23.8 Å². The maximum absolute atomic E-state index is 12.5. The van der Waals surface area contributed by atoms with Gasteiger partial charge < -0.3 is 4.74 Å². The molecular weight excluding hydrogens is 295 g/mol. The molecule has 6 heteroatoms. The van der Waals surface area contributed by atoms with Crippen LogP contribution in [0.25, 0.3) is 0 Å². The highest BCUT2D eigenvalue weighted by Gasteiger charge is 2.29. The maximum atomic E-state index is 12.5. The zero-order valence-electron chi connectivity index (χ0n) is 11.9. The molecule has 1 aromatic heterocycles. The summed E-state index contributed by atoms with van der Waals surface area (Å²) in [4.78, 5) is 16.0. The van der Waals surface area contributed by atoms with E-state index in [-0.39, 0.29) is 18.6 Å². The molecule has 1 aromatic carbocycles. The van der Waals surface area contributed by atoms with Crippen molar-refractivity contribution in [2.24, 2.45) is 0 Å². The third kappa shape index (κ3) is 4.07. The summed E-state index contributed by atoms with van der Waals surface area (Å²) < 4.78 is 42.5. The SMILES string of the molecule is COc1ncccc1CC(=O)Cc1ccc(C(F)(F)F)cc1. The number of carbonyl (C=O) groups excluding carboxylic acids is 1. The summed E-state index contributed by atoms with van der Waals surface area (Å²) in [7, 11) is 1.46. The average Bonchev–Trinajstić information content (AvgIpc) is 2.47. The van der Waals surface area contributed by atoms with E-state index in [1.807, 2.05) is 0 Å². The van der Waals surface area contributed by atoms with Crippen LogP contribution in [0.2, 0.25) is 0 Å². The Kier molecular flexibility index (Phi) is 4.80. The molecule has 1 heterocycles. The average molecular weight is 309 g/mol. The third-order valence-electron chi connectivity index (χ3n) is 3.11. The second kappa shape index (κ2) is 6.60. The molecule has 0 spiro atoms. The first-order chi connectivity index (χ1) is 10.4. The normalized spacial score (nSPS) is 11.3. The summed E-state index contributed by atoms with van der Waals surface area (Å²) in [6.07, 6.45) is -2.62. The Labute approximate surface area is 125 Å². The molecule has 22 heavy (non-hydrogen) atoms. The standard InChI is InChI=1S/C16H14F3NO2/c1-22-15-12(3-2-8-20-15)10-14(21)9-11-4-6-13(7-5-11)16(17,18)19/h2-8H,9-10H2,1H3. The Morgan fingerprint density at radius 3 is 2.41 bits per heavy atom. The van der Waals surface area contributed by atoms with E-state index in [1.54, 1.807) is 18.3 Å². The summed E-state index contributed by atoms with van der Waals surface area (Å²) in [5, 5.41) is 0. The molecule has 2 aromatic rings. The number of alkyl halides is 3. The summed E-state index contributed by atoms with van der Waals surface area (Å²) in [6, 6.07) is 8.03. The smallest absolute Gasteiger partial charge is 0.416 e. The van der Waals surface area contributed by atoms with Crippen molar-refractivity contribution in [2.45, 2.75) is 19.0 Å². The molecule has 0 bridgehead atoms. The fourth-order valence-electron chi connectivity index (χ4n) is 2.06. The summed E-state index contributed by atoms with van der Waals surface area (Å²) >= 11 is 0. The molecule has 0 saturated heterocycles. The number of hydrogen-bond acceptors (Lipinski definition) is 3. The Morgan fingerprint density at radius 2 is 1.82 bits per heavy atom. The Hall–Kier alpha value is -2.37. The lowest BCUT2D eigenvalue weighted by molar-refractivity contribution is -0.137. The number of hydrogen-bond donors (Lipinski definition) is 0. The highest BCUT2D eigenvalue weighted by atomic mass is 19.4. The van der Waals surface area contributed by atoms with Crippen molar-refractivity contribution >= 4 is 5.78 Å². The van der Waals surface area contributed by atoms with E-state index in [0.717, 1.165) is 12.1 Å². The van der Waals surface area contributed by atoms with Crippen LogP contribution in [0, 0.1) is 0 Å². The number of ketones is 1. The first-order valence-electron chi connectivity index (χ1n) is 6.56. The molecule has 0 amide bonds. The van der Waals surface area contributed by atoms with Crippen LogP contribution in [0.15, 0.2) is 42.6 Å². The van der Waals surface area contributed by atoms with Crippen LogP contribution in [0.3, 0.4) is 0 Å². The number of Topliss-reactive ketones (excluding diaryl/α,β-unsaturated/α-hetero) is 1. The predicted octanol–water partition coefficient (Wildman–Crippen LogP) is 3.46. The quantitative estimate of drug-likeness (QED) is 0.849. The Morgan fingerprint density at radius 1 is 1.14 bits per heavy atom. The minimum absolute atomic E-state index is 0.0657. The van der Waals surface area contributed by atoms with Gasteiger partial charge in [-0.2, -0.15) is 13.2 Å². The van der Waals surface area contributed by atoms with Gasteiger partial charge in [0.25, 0.3) is 0 Å². The maximum Gasteiger partial charge on any atom is 0.416 e. The predicted molar refractivity (Wildman–Crippen MR) is 74.6 cm³/mol. The van der Waals surface area contributed by atoms with Gasteiger partial charge >= 0.3 is 6.18 Å². The highest BCUT2D eigenvalue weighted by Crippen LogP contribution is 2.29. The number of methoxy groups -OCH3 is 1. The molecule has 0 N–H and O–H groups in total. The largest absolute Gasteiger partial charge is 0.481 e. The molecular formula is C16H14F3NO2. The number of carbonyl (C=O) groups is 1. The highest BCUT2D eigenvalue weighted by molar-refractivity contribution is 5.83. The minimum atomic E-state index is -4.37. The number of aromatic nitrogens is 1. The van der Waals surface area contributed by atoms with Gasteiger partial charge in [-0.3, -0.25) is 4.79 Å². The van der Waals surface area contributed by atoms with Crippen LogP contribution < -0.4 is 4.74 Å². The number of rotatable bonds is 5. The van der Waals surface area contributed by atoms with E-state index in [0.29, 0.717) is 17.0 Å². The summed E-state index contributed by atoms with van der Waals surface area (Å²) in [5.74, 6) is 0.259. The monoisotopic (exact) mass is 309 g/mol. The number of pyridine rings is 1. The molecule has 2 rings (SSSR count). The molecule has 0 saturated carbocycles. The number of halogens is 3. The molecule has 0 unspecified atom stereocenters. The van der Waals surface area contributed by atoms with Crippen molar-refractivity contribution in [2.75, 3.05) is 7.11 Å². The van der Waals surface area contributed by atoms with E-state index in [1.165, 1.54) is 19.2 Å². The van der Waals surface area contributed by atoms with Gasteiger partial charge in [-0.15, -0.1) is 0 Å². The minimum Gasteiger partial charge on any atom is -0.481 e. The zero-order chi connectivity index (χ0) is 16.2. The molecule has 0 fully saturated rings. The van der Waals surface area contributed by atoms with Crippen LogP contribution in [-0.2, 0) is 23.8 Å². The molecule has 3 nitrogen and oxygen atoms in total. The van der Waals surface area contributed by atoms with Crippen LogP contribution in [0.5, 0.6) is 5.88 Å². The van der Waals surface area contributed by atoms with Crippen LogP contribution in [0.4, 0.5) is 13.2 Å². The molecule has 0 aliphatic carbocycles. The van der Waals surface area contributed by atoms with Crippen molar-refractivity contribution in [3.05, 3.63) is 59.3 Å². The van der Waals surface area contributed by atoms with Gasteiger partial charge in [0, 0.05) is 24.6 Å². The lowest BCUT2D eigenvalue weighted by atomic mass is 10.0. The van der Waals surface area contributed by atoms with Crippen molar-refractivity contribution in [3.8, 4) is 5.88 Å². The summed E-state index contributed by atoms with van der Waals surface area (Å²) in [5.41, 5.74) is 0.473. The zero-order valence-corrected chi connectivity index (χ0v) is 11.9. The number of nitrogens with zero attached hydrogens (tertiary/aromatic N) is 1. The van der Waals surface area contributed by atoms with Crippen LogP contribution >= 0.6 is 0 Å². The lowest BCUT2D eigenvalue weighted by Crippen LogP contribution is -2.09. The second-order valence-electron chi connectivity index (χ2n) is 4.76. The summed E-state index contributed by atoms with van der Waals surface area (Å²) in [6.45, 7) is 0. The molecule has 0 aliphatic rings. The molecule has 0 aliphatic heterocycles. The van der Waals surface area contributed by atoms with E-state index in [4.69, 9.17) is 4.74 Å². The molecule has 0 radical (unpaired) electrons. The molecule has 116 valence electrons. The van der Waals surface area contributed by atoms with Crippen molar-refractivity contribution in [3.63, 3.8) is 0 Å². The van der Waals surface area contributed by atoms with Crippen LogP contribution in [-0.4, -0.2) is 17.9 Å². The van der Waals surface area contributed by atoms with Gasteiger partial charge in [-0.1, -0.05) is 18.2 Å². The number of ether oxygens (including phenoxy) is 1. The fourth-order valence-corrected chi connectivity index (χ4v) is 2.06. The van der Waals surface area contributed by atoms with Crippen LogP contribution in [0.1, 0.15) is 16.7 Å². The Balaban J connectivity index is 2.03.